The maximum Gasteiger partial charge on any atom is 0.338 e. The zero-order valence-electron chi connectivity index (χ0n) is 14.4. The van der Waals surface area contributed by atoms with Gasteiger partial charge in [-0.3, -0.25) is 4.79 Å². The molecule has 0 unspecified atom stereocenters. The van der Waals surface area contributed by atoms with E-state index in [9.17, 15) is 18.0 Å². The second-order valence-electron chi connectivity index (χ2n) is 6.72. The van der Waals surface area contributed by atoms with Crippen LogP contribution < -0.4 is 0 Å². The number of halogens is 1. The number of Topliss-reactive ketones (excluding diaryl/α,β-unsaturated/α-hetero) is 1. The number of sulfonamides is 1. The third kappa shape index (κ3) is 4.10. The predicted octanol–water partition coefficient (Wildman–Crippen LogP) is 3.18. The Labute approximate surface area is 158 Å². The van der Waals surface area contributed by atoms with E-state index in [2.05, 4.69) is 0 Å². The van der Waals surface area contributed by atoms with Crippen molar-refractivity contribution in [2.45, 2.75) is 55.9 Å². The lowest BCUT2D eigenvalue weighted by molar-refractivity contribution is -0.129. The number of carbonyl (C=O) groups excluding carboxylic acids is 2. The van der Waals surface area contributed by atoms with Gasteiger partial charge in [-0.1, -0.05) is 18.0 Å². The Hall–Kier alpha value is -1.44. The molecule has 0 radical (unpaired) electrons. The summed E-state index contributed by atoms with van der Waals surface area (Å²) in [6.07, 6.45) is 4.44. The van der Waals surface area contributed by atoms with Gasteiger partial charge in [0.1, 0.15) is 4.90 Å². The Balaban J connectivity index is 1.82. The number of ether oxygens (including phenoxy) is 1. The first kappa shape index (κ1) is 19.3. The zero-order chi connectivity index (χ0) is 18.7. The second-order valence-corrected chi connectivity index (χ2v) is 9.03. The van der Waals surface area contributed by atoms with Gasteiger partial charge in [-0.25, -0.2) is 13.2 Å². The van der Waals surface area contributed by atoms with E-state index in [-0.39, 0.29) is 21.3 Å². The van der Waals surface area contributed by atoms with Crippen LogP contribution in [0, 0.1) is 0 Å². The quantitative estimate of drug-likeness (QED) is 0.726. The minimum absolute atomic E-state index is 0.0702. The van der Waals surface area contributed by atoms with Crippen LogP contribution in [0.1, 0.15) is 55.3 Å². The van der Waals surface area contributed by atoms with Gasteiger partial charge in [0.05, 0.1) is 10.6 Å². The van der Waals surface area contributed by atoms with Crippen LogP contribution in [0.5, 0.6) is 0 Å². The molecule has 142 valence electrons. The third-order valence-corrected chi connectivity index (χ3v) is 7.23. The molecule has 2 fully saturated rings. The highest BCUT2D eigenvalue weighted by atomic mass is 35.5. The summed E-state index contributed by atoms with van der Waals surface area (Å²) in [6.45, 7) is 0.897. The van der Waals surface area contributed by atoms with Crippen LogP contribution in [0.3, 0.4) is 0 Å². The van der Waals surface area contributed by atoms with Crippen LogP contribution in [0.25, 0.3) is 0 Å². The second kappa shape index (κ2) is 8.06. The minimum atomic E-state index is -3.77. The Kier molecular flexibility index (Phi) is 5.99. The number of benzene rings is 1. The van der Waals surface area contributed by atoms with Gasteiger partial charge in [0, 0.05) is 19.5 Å². The van der Waals surface area contributed by atoms with Crippen LogP contribution in [0.15, 0.2) is 23.1 Å². The lowest BCUT2D eigenvalue weighted by atomic mass is 9.96. The molecule has 2 aliphatic rings. The molecule has 1 saturated heterocycles. The minimum Gasteiger partial charge on any atom is -0.451 e. The van der Waals surface area contributed by atoms with E-state index < -0.39 is 22.1 Å². The number of nitrogens with zero attached hydrogens (tertiary/aromatic N) is 1. The lowest BCUT2D eigenvalue weighted by Crippen LogP contribution is -2.36. The molecule has 6 nitrogen and oxygen atoms in total. The molecule has 1 heterocycles. The molecule has 0 bridgehead atoms. The average Bonchev–Trinajstić information content (AvgIpc) is 2.64. The Morgan fingerprint density at radius 1 is 1.12 bits per heavy atom. The highest BCUT2D eigenvalue weighted by molar-refractivity contribution is 7.89. The van der Waals surface area contributed by atoms with E-state index in [1.165, 1.54) is 22.5 Å². The van der Waals surface area contributed by atoms with Crippen LogP contribution in [0.2, 0.25) is 5.02 Å². The Morgan fingerprint density at radius 3 is 2.54 bits per heavy atom. The molecule has 0 aromatic heterocycles. The standard InChI is InChI=1S/C18H22ClNO5S/c19-14-9-8-13(18(22)25-16-7-3-2-6-15(16)21)12-17(14)26(23,24)20-10-4-1-5-11-20/h8-9,12,16H,1-7,10-11H2/t16-/m1/s1. The normalized spacial score (nSPS) is 22.2. The maximum atomic E-state index is 12.9. The van der Waals surface area contributed by atoms with Gasteiger partial charge >= 0.3 is 5.97 Å². The number of ketones is 1. The lowest BCUT2D eigenvalue weighted by Gasteiger charge is -2.26. The van der Waals surface area contributed by atoms with Crippen LogP contribution in [-0.4, -0.2) is 43.7 Å². The summed E-state index contributed by atoms with van der Waals surface area (Å²) in [4.78, 5) is 24.2. The first-order chi connectivity index (χ1) is 12.4. The van der Waals surface area contributed by atoms with E-state index in [0.717, 1.165) is 32.1 Å². The molecular weight excluding hydrogens is 378 g/mol. The van der Waals surface area contributed by atoms with Gasteiger partial charge in [0.2, 0.25) is 10.0 Å². The molecule has 0 spiro atoms. The van der Waals surface area contributed by atoms with Crippen molar-refractivity contribution in [1.29, 1.82) is 0 Å². The van der Waals surface area contributed by atoms with Gasteiger partial charge < -0.3 is 4.74 Å². The number of rotatable bonds is 4. The Morgan fingerprint density at radius 2 is 1.85 bits per heavy atom. The van der Waals surface area contributed by atoms with Crippen molar-refractivity contribution in [1.82, 2.24) is 4.31 Å². The van der Waals surface area contributed by atoms with Crippen molar-refractivity contribution >= 4 is 33.4 Å². The predicted molar refractivity (Wildman–Crippen MR) is 96.7 cm³/mol. The van der Waals surface area contributed by atoms with Crippen LogP contribution >= 0.6 is 11.6 Å². The van der Waals surface area contributed by atoms with Gasteiger partial charge in [0.25, 0.3) is 0 Å². The summed E-state index contributed by atoms with van der Waals surface area (Å²) < 4.78 is 32.4. The number of hydrogen-bond acceptors (Lipinski definition) is 5. The molecule has 1 saturated carbocycles. The van der Waals surface area contributed by atoms with E-state index in [0.29, 0.717) is 25.9 Å². The number of carbonyl (C=O) groups is 2. The summed E-state index contributed by atoms with van der Waals surface area (Å²) >= 11 is 6.11. The van der Waals surface area contributed by atoms with E-state index in [1.807, 2.05) is 0 Å². The summed E-state index contributed by atoms with van der Waals surface area (Å²) in [5, 5.41) is 0.0702. The van der Waals surface area contributed by atoms with Gasteiger partial charge in [-0.2, -0.15) is 4.31 Å². The fourth-order valence-corrected chi connectivity index (χ4v) is 5.36. The molecule has 1 aliphatic heterocycles. The van der Waals surface area contributed by atoms with Gasteiger partial charge in [-0.15, -0.1) is 0 Å². The molecule has 0 amide bonds. The van der Waals surface area contributed by atoms with Crippen molar-refractivity contribution in [3.63, 3.8) is 0 Å². The highest BCUT2D eigenvalue weighted by Gasteiger charge is 2.30. The zero-order valence-corrected chi connectivity index (χ0v) is 16.0. The number of hydrogen-bond donors (Lipinski definition) is 0. The van der Waals surface area contributed by atoms with Crippen molar-refractivity contribution in [2.75, 3.05) is 13.1 Å². The first-order valence-electron chi connectivity index (χ1n) is 8.93. The fourth-order valence-electron chi connectivity index (χ4n) is 3.35. The maximum absolute atomic E-state index is 12.9. The van der Waals surface area contributed by atoms with E-state index in [4.69, 9.17) is 16.3 Å². The smallest absolute Gasteiger partial charge is 0.338 e. The van der Waals surface area contributed by atoms with Crippen molar-refractivity contribution < 1.29 is 22.7 Å². The molecule has 1 aromatic rings. The molecule has 3 rings (SSSR count). The first-order valence-corrected chi connectivity index (χ1v) is 10.7. The van der Waals surface area contributed by atoms with Gasteiger partial charge in [-0.05, 0) is 50.3 Å². The molecule has 1 aliphatic carbocycles. The molecule has 8 heteroatoms. The van der Waals surface area contributed by atoms with Crippen molar-refractivity contribution in [3.05, 3.63) is 28.8 Å². The summed E-state index contributed by atoms with van der Waals surface area (Å²) in [5.74, 6) is -0.781. The van der Waals surface area contributed by atoms with Crippen molar-refractivity contribution in [2.24, 2.45) is 0 Å². The summed E-state index contributed by atoms with van der Waals surface area (Å²) in [5.41, 5.74) is 0.0864. The van der Waals surface area contributed by atoms with Crippen LogP contribution in [-0.2, 0) is 19.6 Å². The van der Waals surface area contributed by atoms with E-state index in [1.54, 1.807) is 0 Å². The van der Waals surface area contributed by atoms with Gasteiger partial charge in [0.15, 0.2) is 11.9 Å². The fraction of sp³-hybridized carbons (Fsp3) is 0.556. The summed E-state index contributed by atoms with van der Waals surface area (Å²) in [7, 11) is -3.77. The molecular formula is C18H22ClNO5S. The SMILES string of the molecule is O=C(O[C@@H]1CCCCC1=O)c1ccc(Cl)c(S(=O)(=O)N2CCCCC2)c1. The third-order valence-electron chi connectivity index (χ3n) is 4.85. The van der Waals surface area contributed by atoms with Crippen LogP contribution in [0.4, 0.5) is 0 Å². The Bertz CT molecular complexity index is 802. The number of esters is 1. The molecule has 1 atom stereocenters. The average molecular weight is 400 g/mol. The monoisotopic (exact) mass is 399 g/mol. The summed E-state index contributed by atoms with van der Waals surface area (Å²) in [6, 6.07) is 4.06. The number of piperidine rings is 1. The highest BCUT2D eigenvalue weighted by Crippen LogP contribution is 2.28. The molecule has 0 N–H and O–H groups in total. The topological polar surface area (TPSA) is 80.8 Å². The van der Waals surface area contributed by atoms with Crippen molar-refractivity contribution in [3.8, 4) is 0 Å². The molecule has 1 aromatic carbocycles. The van der Waals surface area contributed by atoms with E-state index >= 15 is 0 Å². The molecule has 26 heavy (non-hydrogen) atoms. The largest absolute Gasteiger partial charge is 0.451 e.